The largest absolute Gasteiger partial charge is 0.508 e. The van der Waals surface area contributed by atoms with Crippen molar-refractivity contribution >= 4 is 11.8 Å². The van der Waals surface area contributed by atoms with Crippen LogP contribution in [0.15, 0.2) is 54.6 Å². The van der Waals surface area contributed by atoms with E-state index in [2.05, 4.69) is 5.32 Å². The molecular weight excluding hydrogens is 454 g/mol. The highest BCUT2D eigenvalue weighted by atomic mass is 16.3. The van der Waals surface area contributed by atoms with E-state index < -0.39 is 23.0 Å². The fraction of sp³-hybridized carbons (Fsp3) is 0.517. The van der Waals surface area contributed by atoms with Crippen molar-refractivity contribution in [2.45, 2.75) is 62.5 Å². The van der Waals surface area contributed by atoms with Crippen LogP contribution in [0, 0.1) is 11.8 Å². The van der Waals surface area contributed by atoms with E-state index in [9.17, 15) is 19.8 Å². The van der Waals surface area contributed by atoms with Crippen molar-refractivity contribution in [1.29, 1.82) is 0 Å². The van der Waals surface area contributed by atoms with Crippen molar-refractivity contribution in [2.24, 2.45) is 17.6 Å². The molecule has 0 radical (unpaired) electrons. The van der Waals surface area contributed by atoms with Crippen molar-refractivity contribution in [1.82, 2.24) is 10.2 Å². The average molecular weight is 494 g/mol. The lowest BCUT2D eigenvalue weighted by Gasteiger charge is -2.47. The van der Waals surface area contributed by atoms with Gasteiger partial charge < -0.3 is 26.2 Å². The van der Waals surface area contributed by atoms with Gasteiger partial charge in [0, 0.05) is 24.5 Å². The number of aromatic hydroxyl groups is 1. The summed E-state index contributed by atoms with van der Waals surface area (Å²) in [6.45, 7) is 3.02. The number of rotatable bonds is 8. The molecule has 0 aromatic heterocycles. The summed E-state index contributed by atoms with van der Waals surface area (Å²) in [5.41, 5.74) is 5.17. The highest BCUT2D eigenvalue weighted by Gasteiger charge is 2.50. The molecule has 7 nitrogen and oxygen atoms in total. The van der Waals surface area contributed by atoms with Crippen LogP contribution >= 0.6 is 0 Å². The number of benzene rings is 2. The number of aliphatic hydroxyl groups is 1. The molecule has 3 atom stereocenters. The summed E-state index contributed by atoms with van der Waals surface area (Å²) in [5, 5.41) is 25.0. The summed E-state index contributed by atoms with van der Waals surface area (Å²) in [7, 11) is 1.84. The van der Waals surface area contributed by atoms with Crippen molar-refractivity contribution in [2.75, 3.05) is 20.1 Å². The van der Waals surface area contributed by atoms with Crippen LogP contribution in [0.3, 0.4) is 0 Å². The van der Waals surface area contributed by atoms with Gasteiger partial charge in [0.2, 0.25) is 5.91 Å². The Kier molecular flexibility index (Phi) is 7.71. The molecule has 1 saturated heterocycles. The summed E-state index contributed by atoms with van der Waals surface area (Å²) in [4.78, 5) is 28.4. The molecule has 0 bridgehead atoms. The van der Waals surface area contributed by atoms with Gasteiger partial charge in [-0.25, -0.2) is 0 Å². The molecular formula is C29H39N3O4. The van der Waals surface area contributed by atoms with Gasteiger partial charge in [0.1, 0.15) is 5.75 Å². The highest BCUT2D eigenvalue weighted by Crippen LogP contribution is 2.44. The van der Waals surface area contributed by atoms with E-state index >= 15 is 0 Å². The van der Waals surface area contributed by atoms with Crippen LogP contribution in [-0.2, 0) is 15.2 Å². The molecule has 194 valence electrons. The Bertz CT molecular complexity index is 1050. The molecule has 1 heterocycles. The summed E-state index contributed by atoms with van der Waals surface area (Å²) in [6, 6.07) is 16.0. The first-order valence-corrected chi connectivity index (χ1v) is 13.1. The van der Waals surface area contributed by atoms with E-state index in [4.69, 9.17) is 5.73 Å². The number of likely N-dealkylation sites (N-methyl/N-ethyl adjacent to an activating group) is 1. The topological polar surface area (TPSA) is 116 Å². The van der Waals surface area contributed by atoms with E-state index in [-0.39, 0.29) is 23.5 Å². The lowest BCUT2D eigenvalue weighted by Crippen LogP contribution is -2.59. The zero-order chi connectivity index (χ0) is 25.9. The van der Waals surface area contributed by atoms with Crippen LogP contribution in [-0.4, -0.2) is 52.6 Å². The number of nitrogens with one attached hydrogen (secondary N) is 1. The maximum atomic E-state index is 13.9. The number of carbonyl (C=O) groups excluding carboxylic acids is 2. The number of hydrogen-bond acceptors (Lipinski definition) is 5. The van der Waals surface area contributed by atoms with Crippen LogP contribution in [0.25, 0.3) is 0 Å². The van der Waals surface area contributed by atoms with Gasteiger partial charge in [-0.15, -0.1) is 0 Å². The third-order valence-electron chi connectivity index (χ3n) is 8.77. The number of amides is 2. The number of hydrogen-bond donors (Lipinski definition) is 4. The molecule has 3 unspecified atom stereocenters. The van der Waals surface area contributed by atoms with Gasteiger partial charge in [-0.2, -0.15) is 0 Å². The molecule has 1 saturated carbocycles. The van der Waals surface area contributed by atoms with Gasteiger partial charge in [-0.1, -0.05) is 55.3 Å². The van der Waals surface area contributed by atoms with Gasteiger partial charge >= 0.3 is 0 Å². The monoisotopic (exact) mass is 493 g/mol. The van der Waals surface area contributed by atoms with E-state index in [0.29, 0.717) is 31.5 Å². The summed E-state index contributed by atoms with van der Waals surface area (Å²) in [6.07, 6.45) is 5.11. The zero-order valence-corrected chi connectivity index (χ0v) is 21.3. The molecule has 5 N–H and O–H groups in total. The van der Waals surface area contributed by atoms with E-state index in [1.165, 1.54) is 0 Å². The second-order valence-corrected chi connectivity index (χ2v) is 10.6. The quantitative estimate of drug-likeness (QED) is 0.451. The molecule has 1 aliphatic carbocycles. The molecule has 36 heavy (non-hydrogen) atoms. The Morgan fingerprint density at radius 1 is 0.972 bits per heavy atom. The SMILES string of the molecule is CNC(C)(C1CCN(C(=O)C(O)(c2ccccc2)C2CCCC2)CC1)C(C(N)=O)c1ccc(O)cc1. The predicted octanol–water partition coefficient (Wildman–Crippen LogP) is 3.26. The second kappa shape index (κ2) is 10.6. The number of carbonyl (C=O) groups is 2. The van der Waals surface area contributed by atoms with Gasteiger partial charge in [0.25, 0.3) is 5.91 Å². The second-order valence-electron chi connectivity index (χ2n) is 10.6. The molecule has 2 fully saturated rings. The van der Waals surface area contributed by atoms with Crippen LogP contribution in [0.2, 0.25) is 0 Å². The number of primary amides is 1. The molecule has 2 aromatic carbocycles. The number of phenolic OH excluding ortho intramolecular Hbond substituents is 1. The van der Waals surface area contributed by atoms with E-state index in [0.717, 1.165) is 31.2 Å². The third kappa shape index (κ3) is 4.74. The van der Waals surface area contributed by atoms with Crippen molar-refractivity contribution in [3.05, 3.63) is 65.7 Å². The zero-order valence-electron chi connectivity index (χ0n) is 21.3. The van der Waals surface area contributed by atoms with Gasteiger partial charge in [-0.3, -0.25) is 9.59 Å². The molecule has 1 aliphatic heterocycles. The molecule has 2 aliphatic rings. The molecule has 2 amide bonds. The Balaban J connectivity index is 1.55. The van der Waals surface area contributed by atoms with Gasteiger partial charge in [0.15, 0.2) is 5.60 Å². The van der Waals surface area contributed by atoms with Crippen LogP contribution in [0.4, 0.5) is 0 Å². The normalized spacial score (nSPS) is 21.5. The minimum atomic E-state index is -1.52. The Hall–Kier alpha value is -2.90. The number of likely N-dealkylation sites (tertiary alicyclic amines) is 1. The fourth-order valence-corrected chi connectivity index (χ4v) is 6.55. The van der Waals surface area contributed by atoms with Gasteiger partial charge in [0.05, 0.1) is 5.92 Å². The first-order valence-electron chi connectivity index (χ1n) is 13.1. The average Bonchev–Trinajstić information content (AvgIpc) is 3.45. The Morgan fingerprint density at radius 2 is 1.56 bits per heavy atom. The number of piperidine rings is 1. The minimum Gasteiger partial charge on any atom is -0.508 e. The fourth-order valence-electron chi connectivity index (χ4n) is 6.55. The number of phenols is 1. The smallest absolute Gasteiger partial charge is 0.259 e. The lowest BCUT2D eigenvalue weighted by atomic mass is 9.68. The summed E-state index contributed by atoms with van der Waals surface area (Å²) < 4.78 is 0. The van der Waals surface area contributed by atoms with Crippen LogP contribution in [0.5, 0.6) is 5.75 Å². The maximum Gasteiger partial charge on any atom is 0.259 e. The highest BCUT2D eigenvalue weighted by molar-refractivity contribution is 5.87. The third-order valence-corrected chi connectivity index (χ3v) is 8.77. The number of nitrogens with zero attached hydrogens (tertiary/aromatic N) is 1. The van der Waals surface area contributed by atoms with Crippen molar-refractivity contribution in [3.63, 3.8) is 0 Å². The first kappa shape index (κ1) is 26.2. The summed E-state index contributed by atoms with van der Waals surface area (Å²) in [5.74, 6) is -1.12. The van der Waals surface area contributed by atoms with Crippen LogP contribution in [0.1, 0.15) is 62.5 Å². The van der Waals surface area contributed by atoms with Gasteiger partial charge in [-0.05, 0) is 68.8 Å². The summed E-state index contributed by atoms with van der Waals surface area (Å²) >= 11 is 0. The molecule has 7 heteroatoms. The molecule has 0 spiro atoms. The molecule has 4 rings (SSSR count). The first-order chi connectivity index (χ1) is 17.2. The van der Waals surface area contributed by atoms with Crippen molar-refractivity contribution < 1.29 is 19.8 Å². The van der Waals surface area contributed by atoms with E-state index in [1.54, 1.807) is 29.2 Å². The Morgan fingerprint density at radius 3 is 2.08 bits per heavy atom. The van der Waals surface area contributed by atoms with E-state index in [1.807, 2.05) is 44.3 Å². The predicted molar refractivity (Wildman–Crippen MR) is 139 cm³/mol. The maximum absolute atomic E-state index is 13.9. The number of nitrogens with two attached hydrogens (primary N) is 1. The van der Waals surface area contributed by atoms with Crippen molar-refractivity contribution in [3.8, 4) is 5.75 Å². The molecule has 2 aromatic rings. The standard InChI is InChI=1S/C29H39N3O4/c1-28(31-2,25(26(30)34)20-12-14-24(33)15-13-20)21-16-18-32(19-17-21)27(35)29(36,23-10-6-7-11-23)22-8-4-3-5-9-22/h3-5,8-9,12-15,21,23,25,31,33,36H,6-7,10-11,16-19H2,1-2H3,(H2,30,34). The minimum absolute atomic E-state index is 0.0779. The lowest BCUT2D eigenvalue weighted by molar-refractivity contribution is -0.161. The van der Waals surface area contributed by atoms with Crippen LogP contribution < -0.4 is 11.1 Å². The Labute approximate surface area is 213 Å².